The van der Waals surface area contributed by atoms with Gasteiger partial charge in [0.25, 0.3) is 5.91 Å². The Kier molecular flexibility index (Phi) is 5.35. The van der Waals surface area contributed by atoms with Gasteiger partial charge in [0.05, 0.1) is 0 Å². The van der Waals surface area contributed by atoms with E-state index in [0.29, 0.717) is 25.3 Å². The summed E-state index contributed by atoms with van der Waals surface area (Å²) < 4.78 is 0. The molecule has 0 unspecified atom stereocenters. The summed E-state index contributed by atoms with van der Waals surface area (Å²) in [6.45, 7) is 4.67. The van der Waals surface area contributed by atoms with Crippen LogP contribution in [0.25, 0.3) is 0 Å². The van der Waals surface area contributed by atoms with Gasteiger partial charge >= 0.3 is 6.03 Å². The Morgan fingerprint density at radius 2 is 1.80 bits per heavy atom. The number of rotatable bonds is 4. The predicted octanol–water partition coefficient (Wildman–Crippen LogP) is 2.67. The summed E-state index contributed by atoms with van der Waals surface area (Å²) in [5, 5.41) is 2.90. The first kappa shape index (κ1) is 18.2. The maximum Gasteiger partial charge on any atom is 0.325 e. The molecule has 3 aliphatic rings. The lowest BCUT2D eigenvalue weighted by Crippen LogP contribution is -2.50. The standard InChI is InChI=1S/C19H31N3O3/c1-3-21(15-7-5-4-6-8-15)16(23)13-22-17(24)19(20-18(22)25)11-9-14(2)10-12-19/h14-15H,3-13H2,1-2H3,(H,20,25). The van der Waals surface area contributed by atoms with Crippen molar-refractivity contribution in [1.29, 1.82) is 0 Å². The van der Waals surface area contributed by atoms with Crippen molar-refractivity contribution < 1.29 is 14.4 Å². The topological polar surface area (TPSA) is 69.7 Å². The van der Waals surface area contributed by atoms with Crippen LogP contribution in [-0.2, 0) is 9.59 Å². The van der Waals surface area contributed by atoms with Gasteiger partial charge in [0, 0.05) is 12.6 Å². The molecule has 140 valence electrons. The van der Waals surface area contributed by atoms with Crippen molar-refractivity contribution in [2.24, 2.45) is 5.92 Å². The monoisotopic (exact) mass is 349 g/mol. The third kappa shape index (κ3) is 3.53. The van der Waals surface area contributed by atoms with E-state index in [2.05, 4.69) is 12.2 Å². The first-order valence-corrected chi connectivity index (χ1v) is 9.90. The quantitative estimate of drug-likeness (QED) is 0.793. The third-order valence-corrected chi connectivity index (χ3v) is 6.34. The molecule has 0 bridgehead atoms. The highest BCUT2D eigenvalue weighted by molar-refractivity contribution is 6.09. The lowest BCUT2D eigenvalue weighted by atomic mass is 9.77. The SMILES string of the molecule is CCN(C(=O)CN1C(=O)NC2(CCC(C)CC2)C1=O)C1CCCCC1. The van der Waals surface area contributed by atoms with Gasteiger partial charge in [-0.1, -0.05) is 26.2 Å². The fraction of sp³-hybridized carbons (Fsp3) is 0.842. The molecule has 1 saturated heterocycles. The van der Waals surface area contributed by atoms with Crippen molar-refractivity contribution in [3.8, 4) is 0 Å². The van der Waals surface area contributed by atoms with E-state index in [1.54, 1.807) is 0 Å². The molecule has 0 radical (unpaired) electrons. The van der Waals surface area contributed by atoms with Crippen LogP contribution in [-0.4, -0.2) is 52.3 Å². The Balaban J connectivity index is 1.66. The van der Waals surface area contributed by atoms with Crippen LogP contribution in [0.1, 0.15) is 71.6 Å². The molecule has 2 aliphatic carbocycles. The van der Waals surface area contributed by atoms with Gasteiger partial charge in [0.1, 0.15) is 12.1 Å². The molecule has 0 atom stereocenters. The van der Waals surface area contributed by atoms with Gasteiger partial charge in [0.2, 0.25) is 5.91 Å². The summed E-state index contributed by atoms with van der Waals surface area (Å²) in [5.74, 6) is 0.296. The molecule has 6 heteroatoms. The van der Waals surface area contributed by atoms with Crippen molar-refractivity contribution in [3.63, 3.8) is 0 Å². The summed E-state index contributed by atoms with van der Waals surface area (Å²) in [5.41, 5.74) is -0.758. The zero-order valence-corrected chi connectivity index (χ0v) is 15.6. The van der Waals surface area contributed by atoms with Crippen molar-refractivity contribution in [1.82, 2.24) is 15.1 Å². The predicted molar refractivity (Wildman–Crippen MR) is 94.9 cm³/mol. The fourth-order valence-electron chi connectivity index (χ4n) is 4.67. The first-order valence-electron chi connectivity index (χ1n) is 9.90. The summed E-state index contributed by atoms with van der Waals surface area (Å²) in [6.07, 6.45) is 8.85. The number of hydrogen-bond acceptors (Lipinski definition) is 3. The Hall–Kier alpha value is -1.59. The van der Waals surface area contributed by atoms with Crippen LogP contribution in [0.5, 0.6) is 0 Å². The smallest absolute Gasteiger partial charge is 0.325 e. The molecule has 0 aromatic rings. The Morgan fingerprint density at radius 3 is 2.40 bits per heavy atom. The van der Waals surface area contributed by atoms with Crippen molar-refractivity contribution in [2.45, 2.75) is 83.2 Å². The fourth-order valence-corrected chi connectivity index (χ4v) is 4.67. The minimum atomic E-state index is -0.758. The van der Waals surface area contributed by atoms with E-state index in [1.807, 2.05) is 11.8 Å². The number of imide groups is 1. The maximum atomic E-state index is 12.9. The molecule has 1 aliphatic heterocycles. The Morgan fingerprint density at radius 1 is 1.16 bits per heavy atom. The molecular formula is C19H31N3O3. The van der Waals surface area contributed by atoms with E-state index >= 15 is 0 Å². The van der Waals surface area contributed by atoms with E-state index in [1.165, 1.54) is 6.42 Å². The lowest BCUT2D eigenvalue weighted by Gasteiger charge is -2.35. The van der Waals surface area contributed by atoms with Gasteiger partial charge in [-0.3, -0.25) is 14.5 Å². The minimum absolute atomic E-state index is 0.0980. The molecule has 25 heavy (non-hydrogen) atoms. The average molecular weight is 349 g/mol. The molecule has 3 fully saturated rings. The number of amides is 4. The highest BCUT2D eigenvalue weighted by atomic mass is 16.2. The minimum Gasteiger partial charge on any atom is -0.338 e. The molecule has 6 nitrogen and oxygen atoms in total. The third-order valence-electron chi connectivity index (χ3n) is 6.34. The number of likely N-dealkylation sites (N-methyl/N-ethyl adjacent to an activating group) is 1. The van der Waals surface area contributed by atoms with E-state index in [-0.39, 0.29) is 24.4 Å². The Labute approximate surface area is 150 Å². The molecule has 4 amide bonds. The van der Waals surface area contributed by atoms with E-state index in [9.17, 15) is 14.4 Å². The van der Waals surface area contributed by atoms with Crippen LogP contribution in [0, 0.1) is 5.92 Å². The molecular weight excluding hydrogens is 318 g/mol. The van der Waals surface area contributed by atoms with E-state index in [4.69, 9.17) is 0 Å². The molecule has 1 heterocycles. The number of nitrogens with one attached hydrogen (secondary N) is 1. The van der Waals surface area contributed by atoms with Crippen LogP contribution in [0.2, 0.25) is 0 Å². The van der Waals surface area contributed by atoms with Gasteiger partial charge in [0.15, 0.2) is 0 Å². The molecule has 0 aromatic heterocycles. The van der Waals surface area contributed by atoms with Crippen molar-refractivity contribution >= 4 is 17.8 Å². The summed E-state index contributed by atoms with van der Waals surface area (Å²) in [4.78, 5) is 41.1. The second kappa shape index (κ2) is 7.34. The number of hydrogen-bond donors (Lipinski definition) is 1. The van der Waals surface area contributed by atoms with Gasteiger partial charge in [-0.2, -0.15) is 0 Å². The zero-order chi connectivity index (χ0) is 18.0. The molecule has 2 saturated carbocycles. The highest BCUT2D eigenvalue weighted by Crippen LogP contribution is 2.36. The molecule has 3 rings (SSSR count). The van der Waals surface area contributed by atoms with Crippen molar-refractivity contribution in [2.75, 3.05) is 13.1 Å². The van der Waals surface area contributed by atoms with Gasteiger partial charge in [-0.25, -0.2) is 4.79 Å². The van der Waals surface area contributed by atoms with Gasteiger partial charge in [-0.05, 0) is 51.4 Å². The summed E-state index contributed by atoms with van der Waals surface area (Å²) >= 11 is 0. The van der Waals surface area contributed by atoms with Crippen LogP contribution in [0.3, 0.4) is 0 Å². The largest absolute Gasteiger partial charge is 0.338 e. The number of carbonyl (C=O) groups is 3. The molecule has 1 N–H and O–H groups in total. The van der Waals surface area contributed by atoms with Crippen LogP contribution in [0.15, 0.2) is 0 Å². The van der Waals surface area contributed by atoms with Crippen LogP contribution < -0.4 is 5.32 Å². The molecule has 0 aromatic carbocycles. The zero-order valence-electron chi connectivity index (χ0n) is 15.6. The number of nitrogens with zero attached hydrogens (tertiary/aromatic N) is 2. The van der Waals surface area contributed by atoms with Crippen molar-refractivity contribution in [3.05, 3.63) is 0 Å². The first-order chi connectivity index (χ1) is 12.0. The van der Waals surface area contributed by atoms with Crippen LogP contribution >= 0.6 is 0 Å². The highest BCUT2D eigenvalue weighted by Gasteiger charge is 2.52. The normalized spacial score (nSPS) is 30.6. The maximum absolute atomic E-state index is 12.9. The summed E-state index contributed by atoms with van der Waals surface area (Å²) in [6, 6.07) is -0.135. The number of urea groups is 1. The second-order valence-electron chi connectivity index (χ2n) is 8.06. The lowest BCUT2D eigenvalue weighted by molar-refractivity contribution is -0.141. The second-order valence-corrected chi connectivity index (χ2v) is 8.06. The average Bonchev–Trinajstić information content (AvgIpc) is 2.84. The van der Waals surface area contributed by atoms with E-state index in [0.717, 1.165) is 43.4 Å². The van der Waals surface area contributed by atoms with Crippen LogP contribution in [0.4, 0.5) is 4.79 Å². The Bertz CT molecular complexity index is 534. The summed E-state index contributed by atoms with van der Waals surface area (Å²) in [7, 11) is 0. The van der Waals surface area contributed by atoms with E-state index < -0.39 is 11.6 Å². The van der Waals surface area contributed by atoms with Gasteiger partial charge < -0.3 is 10.2 Å². The van der Waals surface area contributed by atoms with Gasteiger partial charge in [-0.15, -0.1) is 0 Å². The molecule has 1 spiro atoms. The number of carbonyl (C=O) groups excluding carboxylic acids is 3.